The molecule has 1 atom stereocenters. The number of hydrogen-bond donors (Lipinski definition) is 0. The van der Waals surface area contributed by atoms with Gasteiger partial charge in [0.15, 0.2) is 0 Å². The van der Waals surface area contributed by atoms with Gasteiger partial charge < -0.3 is 4.90 Å². The summed E-state index contributed by atoms with van der Waals surface area (Å²) in [6.45, 7) is 17.9. The smallest absolute Gasteiger partial charge is 0.0369 e. The molecule has 1 aliphatic heterocycles. The monoisotopic (exact) mass is 451 g/mol. The molecule has 1 heteroatoms. The number of likely N-dealkylation sites (tertiary alicyclic amines) is 1. The zero-order chi connectivity index (χ0) is 24.2. The van der Waals surface area contributed by atoms with Crippen LogP contribution in [0.3, 0.4) is 0 Å². The molecular formula is C33H41N. The SMILES string of the molecule is C#Cc1ccc(C2CCN(C(=C)c3cc(C(C)CC(=C)CC)c(C4CCC4)cc3C)CC2)cc1. The van der Waals surface area contributed by atoms with Crippen molar-refractivity contribution >= 4 is 5.70 Å². The van der Waals surface area contributed by atoms with E-state index < -0.39 is 0 Å². The first-order valence-electron chi connectivity index (χ1n) is 13.2. The summed E-state index contributed by atoms with van der Waals surface area (Å²) in [5.74, 6) is 4.57. The highest BCUT2D eigenvalue weighted by atomic mass is 15.1. The predicted octanol–water partition coefficient (Wildman–Crippen LogP) is 8.55. The minimum atomic E-state index is 0.506. The fourth-order valence-corrected chi connectivity index (χ4v) is 5.75. The Labute approximate surface area is 208 Å². The lowest BCUT2D eigenvalue weighted by molar-refractivity contribution is 0.299. The minimum Gasteiger partial charge on any atom is -0.371 e. The summed E-state index contributed by atoms with van der Waals surface area (Å²) in [6, 6.07) is 13.6. The quantitative estimate of drug-likeness (QED) is 0.287. The van der Waals surface area contributed by atoms with Gasteiger partial charge in [-0.15, -0.1) is 6.42 Å². The summed E-state index contributed by atoms with van der Waals surface area (Å²) in [7, 11) is 0. The first-order valence-corrected chi connectivity index (χ1v) is 13.2. The Morgan fingerprint density at radius 1 is 1.06 bits per heavy atom. The zero-order valence-electron chi connectivity index (χ0n) is 21.5. The Bertz CT molecular complexity index is 1070. The normalized spacial score (nSPS) is 17.6. The van der Waals surface area contributed by atoms with E-state index in [1.807, 2.05) is 0 Å². The fourth-order valence-electron chi connectivity index (χ4n) is 5.75. The minimum absolute atomic E-state index is 0.506. The summed E-state index contributed by atoms with van der Waals surface area (Å²) in [5, 5.41) is 0. The highest BCUT2D eigenvalue weighted by Gasteiger charge is 2.27. The van der Waals surface area contributed by atoms with Gasteiger partial charge in [0.2, 0.25) is 0 Å². The molecule has 1 unspecified atom stereocenters. The van der Waals surface area contributed by atoms with Crippen LogP contribution in [0.2, 0.25) is 0 Å². The molecule has 0 radical (unpaired) electrons. The number of allylic oxidation sites excluding steroid dienone is 1. The number of hydrogen-bond acceptors (Lipinski definition) is 1. The maximum atomic E-state index is 5.52. The Balaban J connectivity index is 1.51. The van der Waals surface area contributed by atoms with Crippen molar-refractivity contribution in [2.24, 2.45) is 0 Å². The van der Waals surface area contributed by atoms with E-state index in [4.69, 9.17) is 6.42 Å². The Morgan fingerprint density at radius 3 is 2.29 bits per heavy atom. The molecule has 2 aliphatic rings. The van der Waals surface area contributed by atoms with Crippen LogP contribution in [0.15, 0.2) is 55.1 Å². The lowest BCUT2D eigenvalue weighted by Crippen LogP contribution is -2.31. The Hall–Kier alpha value is -2.72. The van der Waals surface area contributed by atoms with Crippen LogP contribution in [-0.4, -0.2) is 18.0 Å². The van der Waals surface area contributed by atoms with Crippen LogP contribution in [0, 0.1) is 19.3 Å². The van der Waals surface area contributed by atoms with Gasteiger partial charge in [-0.05, 0) is 104 Å². The summed E-state index contributed by atoms with van der Waals surface area (Å²) < 4.78 is 0. The number of piperidine rings is 1. The highest BCUT2D eigenvalue weighted by molar-refractivity contribution is 5.67. The van der Waals surface area contributed by atoms with Gasteiger partial charge in [-0.25, -0.2) is 0 Å². The molecule has 34 heavy (non-hydrogen) atoms. The average molecular weight is 452 g/mol. The van der Waals surface area contributed by atoms with E-state index in [1.54, 1.807) is 5.56 Å². The molecule has 0 bridgehead atoms. The molecule has 1 aliphatic carbocycles. The maximum Gasteiger partial charge on any atom is 0.0369 e. The summed E-state index contributed by atoms with van der Waals surface area (Å²) in [6.07, 6.45) is 14.0. The van der Waals surface area contributed by atoms with E-state index in [0.29, 0.717) is 11.8 Å². The van der Waals surface area contributed by atoms with Crippen molar-refractivity contribution in [2.45, 2.75) is 83.5 Å². The second-order valence-corrected chi connectivity index (χ2v) is 10.6. The van der Waals surface area contributed by atoms with Gasteiger partial charge in [-0.2, -0.15) is 0 Å². The van der Waals surface area contributed by atoms with Crippen LogP contribution in [0.25, 0.3) is 5.70 Å². The van der Waals surface area contributed by atoms with E-state index in [2.05, 4.69) is 81.1 Å². The van der Waals surface area contributed by atoms with Crippen molar-refractivity contribution in [1.29, 1.82) is 0 Å². The second-order valence-electron chi connectivity index (χ2n) is 10.6. The highest BCUT2D eigenvalue weighted by Crippen LogP contribution is 2.43. The molecule has 4 rings (SSSR count). The van der Waals surface area contributed by atoms with Crippen molar-refractivity contribution in [3.8, 4) is 12.3 Å². The van der Waals surface area contributed by atoms with Crippen molar-refractivity contribution in [1.82, 2.24) is 4.90 Å². The molecular weight excluding hydrogens is 410 g/mol. The van der Waals surface area contributed by atoms with Gasteiger partial charge in [0.05, 0.1) is 0 Å². The van der Waals surface area contributed by atoms with E-state index in [1.165, 1.54) is 52.8 Å². The first-order chi connectivity index (χ1) is 16.4. The predicted molar refractivity (Wildman–Crippen MR) is 147 cm³/mol. The van der Waals surface area contributed by atoms with Gasteiger partial charge in [0, 0.05) is 29.9 Å². The van der Waals surface area contributed by atoms with Gasteiger partial charge in [-0.1, -0.05) is 63.1 Å². The number of benzene rings is 2. The molecule has 0 N–H and O–H groups in total. The third-order valence-electron chi connectivity index (χ3n) is 8.34. The molecule has 2 fully saturated rings. The molecule has 2 aromatic carbocycles. The number of nitrogens with zero attached hydrogens (tertiary/aromatic N) is 1. The lowest BCUT2D eigenvalue weighted by atomic mass is 9.74. The van der Waals surface area contributed by atoms with Gasteiger partial charge in [0.1, 0.15) is 0 Å². The third kappa shape index (κ3) is 5.17. The van der Waals surface area contributed by atoms with Crippen LogP contribution in [0.1, 0.15) is 110 Å². The van der Waals surface area contributed by atoms with Crippen LogP contribution < -0.4 is 0 Å². The number of terminal acetylenes is 1. The molecule has 2 aromatic rings. The van der Waals surface area contributed by atoms with Crippen LogP contribution in [0.4, 0.5) is 0 Å². The maximum absolute atomic E-state index is 5.52. The number of aryl methyl sites for hydroxylation is 1. The van der Waals surface area contributed by atoms with E-state index in [0.717, 1.165) is 50.3 Å². The lowest BCUT2D eigenvalue weighted by Gasteiger charge is -2.36. The van der Waals surface area contributed by atoms with Crippen LogP contribution >= 0.6 is 0 Å². The molecule has 1 saturated carbocycles. The van der Waals surface area contributed by atoms with Gasteiger partial charge >= 0.3 is 0 Å². The standard InChI is InChI=1S/C33H41N/c1-7-23(3)20-24(4)32-22-31(25(5)21-33(32)30-10-9-11-30)26(6)34-18-16-29(17-19-34)28-14-12-27(8-2)13-15-28/h2,12-15,21-22,24,29-30H,3,6-7,9-11,16-20H2,1,4-5H3. The summed E-state index contributed by atoms with van der Waals surface area (Å²) in [4.78, 5) is 2.51. The second kappa shape index (κ2) is 10.7. The van der Waals surface area contributed by atoms with Gasteiger partial charge in [-0.3, -0.25) is 0 Å². The topological polar surface area (TPSA) is 3.24 Å². The fraction of sp³-hybridized carbons (Fsp3) is 0.455. The van der Waals surface area contributed by atoms with E-state index in [9.17, 15) is 0 Å². The van der Waals surface area contributed by atoms with Gasteiger partial charge in [0.25, 0.3) is 0 Å². The van der Waals surface area contributed by atoms with Crippen molar-refractivity contribution in [2.75, 3.05) is 13.1 Å². The zero-order valence-corrected chi connectivity index (χ0v) is 21.5. The average Bonchev–Trinajstić information content (AvgIpc) is 2.82. The molecule has 0 aromatic heterocycles. The largest absolute Gasteiger partial charge is 0.371 e. The molecule has 0 amide bonds. The molecule has 0 spiro atoms. The third-order valence-corrected chi connectivity index (χ3v) is 8.34. The van der Waals surface area contributed by atoms with E-state index >= 15 is 0 Å². The Morgan fingerprint density at radius 2 is 1.74 bits per heavy atom. The molecule has 178 valence electrons. The van der Waals surface area contributed by atoms with Crippen molar-refractivity contribution in [3.63, 3.8) is 0 Å². The van der Waals surface area contributed by atoms with Crippen LogP contribution in [0.5, 0.6) is 0 Å². The van der Waals surface area contributed by atoms with E-state index in [-0.39, 0.29) is 0 Å². The summed E-state index contributed by atoms with van der Waals surface area (Å²) in [5.41, 5.74) is 10.8. The first kappa shape index (κ1) is 24.4. The molecule has 1 saturated heterocycles. The van der Waals surface area contributed by atoms with Crippen molar-refractivity contribution in [3.05, 3.63) is 88.5 Å². The van der Waals surface area contributed by atoms with Crippen molar-refractivity contribution < 1.29 is 0 Å². The van der Waals surface area contributed by atoms with Crippen LogP contribution in [-0.2, 0) is 0 Å². The number of rotatable bonds is 8. The Kier molecular flexibility index (Phi) is 7.67. The molecule has 1 heterocycles. The molecule has 1 nitrogen and oxygen atoms in total. The summed E-state index contributed by atoms with van der Waals surface area (Å²) >= 11 is 0.